The Balaban J connectivity index is 2.03. The van der Waals surface area contributed by atoms with Gasteiger partial charge in [0.1, 0.15) is 5.69 Å². The second-order valence-corrected chi connectivity index (χ2v) is 6.68. The molecule has 2 unspecified atom stereocenters. The maximum absolute atomic E-state index is 12.4. The first kappa shape index (κ1) is 15.1. The summed E-state index contributed by atoms with van der Waals surface area (Å²) >= 11 is 0. The Bertz CT molecular complexity index is 451. The van der Waals surface area contributed by atoms with Crippen molar-refractivity contribution < 1.29 is 13.2 Å². The Labute approximate surface area is 117 Å². The number of rotatable bonds is 2. The molecular formula is C15H21F3N2. The van der Waals surface area contributed by atoms with Gasteiger partial charge < -0.3 is 5.32 Å². The predicted molar refractivity (Wildman–Crippen MR) is 73.4 cm³/mol. The van der Waals surface area contributed by atoms with Crippen molar-refractivity contribution in [3.8, 4) is 0 Å². The van der Waals surface area contributed by atoms with Gasteiger partial charge in [0.15, 0.2) is 0 Å². The molecule has 0 amide bonds. The van der Waals surface area contributed by atoms with E-state index in [-0.39, 0.29) is 5.41 Å². The summed E-state index contributed by atoms with van der Waals surface area (Å²) in [6, 6.07) is 2.79. The van der Waals surface area contributed by atoms with E-state index in [0.29, 0.717) is 17.6 Å². The van der Waals surface area contributed by atoms with Gasteiger partial charge in [0.05, 0.1) is 11.9 Å². The van der Waals surface area contributed by atoms with Crippen molar-refractivity contribution in [2.45, 2.75) is 52.3 Å². The SMILES string of the molecule is CC1CC(Nc2ccc(C(F)(F)F)nc2)CC(C)(C)C1. The van der Waals surface area contributed by atoms with Crippen LogP contribution in [0.5, 0.6) is 0 Å². The summed E-state index contributed by atoms with van der Waals surface area (Å²) < 4.78 is 37.3. The van der Waals surface area contributed by atoms with Crippen molar-refractivity contribution in [1.82, 2.24) is 4.98 Å². The van der Waals surface area contributed by atoms with Gasteiger partial charge in [-0.05, 0) is 42.7 Å². The summed E-state index contributed by atoms with van der Waals surface area (Å²) in [5, 5.41) is 3.32. The van der Waals surface area contributed by atoms with Crippen LogP contribution in [0.15, 0.2) is 18.3 Å². The molecule has 2 atom stereocenters. The van der Waals surface area contributed by atoms with Gasteiger partial charge >= 0.3 is 6.18 Å². The largest absolute Gasteiger partial charge is 0.433 e. The number of nitrogens with zero attached hydrogens (tertiary/aromatic N) is 1. The third-order valence-corrected chi connectivity index (χ3v) is 3.81. The van der Waals surface area contributed by atoms with E-state index in [1.165, 1.54) is 18.7 Å². The number of alkyl halides is 3. The zero-order chi connectivity index (χ0) is 15.0. The highest BCUT2D eigenvalue weighted by atomic mass is 19.4. The van der Waals surface area contributed by atoms with Crippen molar-refractivity contribution in [3.05, 3.63) is 24.0 Å². The molecule has 1 aromatic rings. The molecule has 1 aliphatic rings. The second-order valence-electron chi connectivity index (χ2n) is 6.68. The van der Waals surface area contributed by atoms with E-state index in [2.05, 4.69) is 31.1 Å². The molecule has 2 nitrogen and oxygen atoms in total. The lowest BCUT2D eigenvalue weighted by Crippen LogP contribution is -2.35. The fraction of sp³-hybridized carbons (Fsp3) is 0.667. The summed E-state index contributed by atoms with van der Waals surface area (Å²) in [5.74, 6) is 0.624. The standard InChI is InChI=1S/C15H21F3N2/c1-10-6-12(8-14(2,3)7-10)20-11-4-5-13(19-9-11)15(16,17)18/h4-5,9-10,12,20H,6-8H2,1-3H3. The van der Waals surface area contributed by atoms with E-state index in [0.717, 1.165) is 18.9 Å². The third kappa shape index (κ3) is 3.87. The maximum Gasteiger partial charge on any atom is 0.433 e. The first-order valence-electron chi connectivity index (χ1n) is 6.95. The molecule has 0 saturated heterocycles. The van der Waals surface area contributed by atoms with E-state index >= 15 is 0 Å². The zero-order valence-electron chi connectivity index (χ0n) is 12.1. The first-order valence-corrected chi connectivity index (χ1v) is 6.95. The maximum atomic E-state index is 12.4. The number of pyridine rings is 1. The van der Waals surface area contributed by atoms with Crippen LogP contribution in [0.25, 0.3) is 0 Å². The molecule has 1 saturated carbocycles. The summed E-state index contributed by atoms with van der Waals surface area (Å²) in [6.45, 7) is 6.70. The summed E-state index contributed by atoms with van der Waals surface area (Å²) in [6.07, 6.45) is 0.161. The Kier molecular flexibility index (Phi) is 3.98. The van der Waals surface area contributed by atoms with Crippen LogP contribution in [0.4, 0.5) is 18.9 Å². The highest BCUT2D eigenvalue weighted by Gasteiger charge is 2.33. The topological polar surface area (TPSA) is 24.9 Å². The Morgan fingerprint density at radius 2 is 1.95 bits per heavy atom. The monoisotopic (exact) mass is 286 g/mol. The number of anilines is 1. The quantitative estimate of drug-likeness (QED) is 0.850. The van der Waals surface area contributed by atoms with Crippen molar-refractivity contribution in [2.24, 2.45) is 11.3 Å². The normalized spacial score (nSPS) is 26.3. The van der Waals surface area contributed by atoms with Gasteiger partial charge in [-0.3, -0.25) is 0 Å². The number of hydrogen-bond acceptors (Lipinski definition) is 2. The van der Waals surface area contributed by atoms with Crippen LogP contribution in [0, 0.1) is 11.3 Å². The molecule has 0 spiro atoms. The van der Waals surface area contributed by atoms with E-state index in [9.17, 15) is 13.2 Å². The van der Waals surface area contributed by atoms with E-state index in [1.807, 2.05) is 0 Å². The minimum absolute atomic E-state index is 0.272. The lowest BCUT2D eigenvalue weighted by atomic mass is 9.70. The molecule has 1 heterocycles. The molecule has 1 fully saturated rings. The minimum atomic E-state index is -4.38. The predicted octanol–water partition coefficient (Wildman–Crippen LogP) is 4.73. The van der Waals surface area contributed by atoms with Gasteiger partial charge in [-0.15, -0.1) is 0 Å². The zero-order valence-corrected chi connectivity index (χ0v) is 12.1. The molecule has 112 valence electrons. The molecule has 2 rings (SSSR count). The number of nitrogens with one attached hydrogen (secondary N) is 1. The summed E-state index contributed by atoms with van der Waals surface area (Å²) in [7, 11) is 0. The number of halogens is 3. The van der Waals surface area contributed by atoms with Gasteiger partial charge in [-0.25, -0.2) is 4.98 Å². The van der Waals surface area contributed by atoms with Gasteiger partial charge in [0.25, 0.3) is 0 Å². The van der Waals surface area contributed by atoms with Gasteiger partial charge in [-0.1, -0.05) is 20.8 Å². The highest BCUT2D eigenvalue weighted by Crippen LogP contribution is 2.39. The number of hydrogen-bond donors (Lipinski definition) is 1. The molecule has 1 aromatic heterocycles. The fourth-order valence-electron chi connectivity index (χ4n) is 3.34. The molecule has 0 aliphatic heterocycles. The van der Waals surface area contributed by atoms with Crippen LogP contribution in [-0.2, 0) is 6.18 Å². The van der Waals surface area contributed by atoms with E-state index in [4.69, 9.17) is 0 Å². The Hall–Kier alpha value is -1.26. The molecule has 20 heavy (non-hydrogen) atoms. The lowest BCUT2D eigenvalue weighted by molar-refractivity contribution is -0.141. The van der Waals surface area contributed by atoms with E-state index in [1.54, 1.807) is 0 Å². The average molecular weight is 286 g/mol. The second kappa shape index (κ2) is 5.26. The molecule has 5 heteroatoms. The van der Waals surface area contributed by atoms with Gasteiger partial charge in [0.2, 0.25) is 0 Å². The van der Waals surface area contributed by atoms with Crippen LogP contribution in [0.3, 0.4) is 0 Å². The highest BCUT2D eigenvalue weighted by molar-refractivity contribution is 5.42. The minimum Gasteiger partial charge on any atom is -0.381 e. The van der Waals surface area contributed by atoms with Crippen molar-refractivity contribution in [2.75, 3.05) is 5.32 Å². The van der Waals surface area contributed by atoms with Crippen molar-refractivity contribution >= 4 is 5.69 Å². The van der Waals surface area contributed by atoms with Gasteiger partial charge in [0, 0.05) is 6.04 Å². The lowest BCUT2D eigenvalue weighted by Gasteiger charge is -2.39. The van der Waals surface area contributed by atoms with Crippen LogP contribution in [-0.4, -0.2) is 11.0 Å². The molecule has 0 radical (unpaired) electrons. The average Bonchev–Trinajstić information content (AvgIpc) is 2.25. The first-order chi connectivity index (χ1) is 9.16. The Morgan fingerprint density at radius 1 is 1.25 bits per heavy atom. The molecule has 0 bridgehead atoms. The van der Waals surface area contributed by atoms with Gasteiger partial charge in [-0.2, -0.15) is 13.2 Å². The van der Waals surface area contributed by atoms with Crippen molar-refractivity contribution in [3.63, 3.8) is 0 Å². The molecule has 1 aliphatic carbocycles. The van der Waals surface area contributed by atoms with Crippen LogP contribution >= 0.6 is 0 Å². The van der Waals surface area contributed by atoms with Crippen LogP contribution in [0.2, 0.25) is 0 Å². The Morgan fingerprint density at radius 3 is 2.45 bits per heavy atom. The van der Waals surface area contributed by atoms with Crippen molar-refractivity contribution in [1.29, 1.82) is 0 Å². The van der Waals surface area contributed by atoms with E-state index < -0.39 is 11.9 Å². The molecule has 0 aromatic carbocycles. The summed E-state index contributed by atoms with van der Waals surface area (Å²) in [5.41, 5.74) is 0.0857. The smallest absolute Gasteiger partial charge is 0.381 e. The molecular weight excluding hydrogens is 265 g/mol. The van der Waals surface area contributed by atoms with Crippen LogP contribution in [0.1, 0.15) is 45.7 Å². The molecule has 1 N–H and O–H groups in total. The summed E-state index contributed by atoms with van der Waals surface area (Å²) in [4.78, 5) is 3.48. The third-order valence-electron chi connectivity index (χ3n) is 3.81. The van der Waals surface area contributed by atoms with Crippen LogP contribution < -0.4 is 5.32 Å². The number of aromatic nitrogens is 1. The fourth-order valence-corrected chi connectivity index (χ4v) is 3.34.